The largest absolute Gasteiger partial charge is 0.416 e. The van der Waals surface area contributed by atoms with Crippen LogP contribution in [0.25, 0.3) is 0 Å². The third-order valence-corrected chi connectivity index (χ3v) is 6.00. The summed E-state index contributed by atoms with van der Waals surface area (Å²) in [6, 6.07) is 8.03. The monoisotopic (exact) mass is 509 g/mol. The third kappa shape index (κ3) is 6.15. The Bertz CT molecular complexity index is 961. The SMILES string of the molecule is Cc1ccc([C@@H]2CNCC[C@H]2N(C)C(=O)N(C)c2cc(C(F)(F)F)cc(C(F)(F)F)c2)cc1.Cl. The van der Waals surface area contributed by atoms with Crippen LogP contribution in [0.2, 0.25) is 0 Å². The average Bonchev–Trinajstić information content (AvgIpc) is 2.76. The second-order valence-corrected chi connectivity index (χ2v) is 8.29. The molecule has 0 unspecified atom stereocenters. The van der Waals surface area contributed by atoms with Crippen LogP contribution in [-0.4, -0.2) is 44.2 Å². The average molecular weight is 510 g/mol. The number of likely N-dealkylation sites (N-methyl/N-ethyl adjacent to an activating group) is 1. The second kappa shape index (κ2) is 10.4. The fourth-order valence-electron chi connectivity index (χ4n) is 4.08. The van der Waals surface area contributed by atoms with Gasteiger partial charge in [0.15, 0.2) is 0 Å². The van der Waals surface area contributed by atoms with Gasteiger partial charge in [-0.15, -0.1) is 12.4 Å². The first-order chi connectivity index (χ1) is 15.3. The molecule has 34 heavy (non-hydrogen) atoms. The number of anilines is 1. The molecule has 0 aromatic heterocycles. The van der Waals surface area contributed by atoms with E-state index < -0.39 is 35.2 Å². The number of rotatable bonds is 3. The van der Waals surface area contributed by atoms with Crippen molar-refractivity contribution in [3.8, 4) is 0 Å². The van der Waals surface area contributed by atoms with E-state index in [1.165, 1.54) is 19.0 Å². The molecule has 1 heterocycles. The molecule has 0 bridgehead atoms. The molecule has 1 aliphatic rings. The van der Waals surface area contributed by atoms with Crippen molar-refractivity contribution in [2.75, 3.05) is 32.1 Å². The van der Waals surface area contributed by atoms with E-state index in [1.807, 2.05) is 31.2 Å². The number of piperidine rings is 1. The summed E-state index contributed by atoms with van der Waals surface area (Å²) in [6.45, 7) is 3.18. The number of nitrogens with zero attached hydrogens (tertiary/aromatic N) is 2. The molecule has 0 saturated carbocycles. The van der Waals surface area contributed by atoms with Gasteiger partial charge in [-0.25, -0.2) is 4.79 Å². The summed E-state index contributed by atoms with van der Waals surface area (Å²) in [5.41, 5.74) is -1.33. The number of halogens is 7. The zero-order valence-electron chi connectivity index (χ0n) is 18.8. The summed E-state index contributed by atoms with van der Waals surface area (Å²) in [5.74, 6) is -0.0751. The normalized spacial score (nSPS) is 18.7. The van der Waals surface area contributed by atoms with Crippen LogP contribution in [0.1, 0.15) is 34.6 Å². The highest BCUT2D eigenvalue weighted by Crippen LogP contribution is 2.38. The molecule has 1 fully saturated rings. The molecule has 1 saturated heterocycles. The lowest BCUT2D eigenvalue weighted by atomic mass is 9.86. The lowest BCUT2D eigenvalue weighted by molar-refractivity contribution is -0.143. The molecule has 1 aliphatic heterocycles. The molecule has 2 atom stereocenters. The van der Waals surface area contributed by atoms with Gasteiger partial charge in [-0.1, -0.05) is 29.8 Å². The molecule has 188 valence electrons. The summed E-state index contributed by atoms with van der Waals surface area (Å²) in [5, 5.41) is 3.28. The van der Waals surface area contributed by atoms with Crippen LogP contribution in [0, 0.1) is 6.92 Å². The van der Waals surface area contributed by atoms with Gasteiger partial charge in [-0.3, -0.25) is 4.90 Å². The smallest absolute Gasteiger partial charge is 0.324 e. The standard InChI is InChI=1S/C23H25F6N3O.ClH/c1-14-4-6-15(7-5-14)19-13-30-9-8-20(19)32(3)21(33)31(2)18-11-16(22(24,25)26)10-17(12-18)23(27,28)29;/h4-7,10-12,19-20,30H,8-9,13H2,1-3H3;1H/t19-,20+;/m0./s1. The molecule has 3 rings (SSSR count). The van der Waals surface area contributed by atoms with Gasteiger partial charge in [-0.2, -0.15) is 26.3 Å². The number of amides is 2. The minimum Gasteiger partial charge on any atom is -0.324 e. The number of hydrogen-bond acceptors (Lipinski definition) is 2. The van der Waals surface area contributed by atoms with Crippen molar-refractivity contribution in [1.82, 2.24) is 10.2 Å². The van der Waals surface area contributed by atoms with Crippen molar-refractivity contribution >= 4 is 24.1 Å². The van der Waals surface area contributed by atoms with Crippen molar-refractivity contribution in [2.45, 2.75) is 37.7 Å². The van der Waals surface area contributed by atoms with E-state index in [-0.39, 0.29) is 30.4 Å². The molecular weight excluding hydrogens is 484 g/mol. The Labute approximate surface area is 200 Å². The first kappa shape index (κ1) is 27.8. The maximum Gasteiger partial charge on any atom is 0.416 e. The highest BCUT2D eigenvalue weighted by atomic mass is 35.5. The van der Waals surface area contributed by atoms with E-state index in [1.54, 1.807) is 0 Å². The van der Waals surface area contributed by atoms with E-state index in [0.29, 0.717) is 31.6 Å². The topological polar surface area (TPSA) is 35.6 Å². The molecule has 2 amide bonds. The number of carbonyl (C=O) groups excluding carboxylic acids is 1. The van der Waals surface area contributed by atoms with E-state index in [4.69, 9.17) is 0 Å². The summed E-state index contributed by atoms with van der Waals surface area (Å²) < 4.78 is 79.4. The van der Waals surface area contributed by atoms with Gasteiger partial charge < -0.3 is 10.2 Å². The predicted octanol–water partition coefficient (Wildman–Crippen LogP) is 6.09. The first-order valence-corrected chi connectivity index (χ1v) is 10.4. The van der Waals surface area contributed by atoms with Gasteiger partial charge in [0.25, 0.3) is 0 Å². The van der Waals surface area contributed by atoms with Crippen LogP contribution >= 0.6 is 12.4 Å². The number of hydrogen-bond donors (Lipinski definition) is 1. The number of urea groups is 1. The number of alkyl halides is 6. The fourth-order valence-corrected chi connectivity index (χ4v) is 4.08. The molecule has 2 aromatic rings. The van der Waals surface area contributed by atoms with Gasteiger partial charge in [0.1, 0.15) is 0 Å². The zero-order valence-corrected chi connectivity index (χ0v) is 19.6. The van der Waals surface area contributed by atoms with Crippen molar-refractivity contribution in [3.05, 3.63) is 64.7 Å². The summed E-state index contributed by atoms with van der Waals surface area (Å²) in [6.07, 6.45) is -9.39. The lowest BCUT2D eigenvalue weighted by Gasteiger charge is -2.40. The van der Waals surface area contributed by atoms with Crippen molar-refractivity contribution in [2.24, 2.45) is 0 Å². The van der Waals surface area contributed by atoms with E-state index in [2.05, 4.69) is 5.32 Å². The van der Waals surface area contributed by atoms with Gasteiger partial charge in [-0.05, 0) is 43.7 Å². The molecule has 0 spiro atoms. The molecule has 0 aliphatic carbocycles. The first-order valence-electron chi connectivity index (χ1n) is 10.4. The van der Waals surface area contributed by atoms with Gasteiger partial charge >= 0.3 is 18.4 Å². The minimum absolute atomic E-state index is 0. The Kier molecular flexibility index (Phi) is 8.53. The van der Waals surface area contributed by atoms with Crippen LogP contribution in [0.15, 0.2) is 42.5 Å². The molecular formula is C23H26ClF6N3O. The molecule has 1 N–H and O–H groups in total. The highest BCUT2D eigenvalue weighted by molar-refractivity contribution is 5.91. The highest BCUT2D eigenvalue weighted by Gasteiger charge is 2.38. The number of nitrogens with one attached hydrogen (secondary N) is 1. The van der Waals surface area contributed by atoms with E-state index in [0.717, 1.165) is 16.0 Å². The Hall–Kier alpha value is -2.46. The summed E-state index contributed by atoms with van der Waals surface area (Å²) in [7, 11) is 2.70. The van der Waals surface area contributed by atoms with Gasteiger partial charge in [0.05, 0.1) is 11.1 Å². The maximum atomic E-state index is 13.2. The number of carbonyl (C=O) groups is 1. The van der Waals surface area contributed by atoms with Crippen LogP contribution in [0.4, 0.5) is 36.8 Å². The Morgan fingerprint density at radius 2 is 1.47 bits per heavy atom. The summed E-state index contributed by atoms with van der Waals surface area (Å²) >= 11 is 0. The number of benzene rings is 2. The lowest BCUT2D eigenvalue weighted by Crippen LogP contribution is -2.52. The quantitative estimate of drug-likeness (QED) is 0.508. The Morgan fingerprint density at radius 3 is 1.97 bits per heavy atom. The second-order valence-electron chi connectivity index (χ2n) is 8.29. The zero-order chi connectivity index (χ0) is 24.6. The van der Waals surface area contributed by atoms with Gasteiger partial charge in [0, 0.05) is 38.3 Å². The van der Waals surface area contributed by atoms with Crippen molar-refractivity contribution < 1.29 is 31.1 Å². The van der Waals surface area contributed by atoms with Crippen LogP contribution < -0.4 is 10.2 Å². The molecule has 4 nitrogen and oxygen atoms in total. The Balaban J connectivity index is 0.00000408. The van der Waals surface area contributed by atoms with Crippen LogP contribution in [0.3, 0.4) is 0 Å². The van der Waals surface area contributed by atoms with Gasteiger partial charge in [0.2, 0.25) is 0 Å². The molecule has 0 radical (unpaired) electrons. The predicted molar refractivity (Wildman–Crippen MR) is 120 cm³/mol. The molecule has 2 aromatic carbocycles. The minimum atomic E-state index is -4.99. The number of aryl methyl sites for hydroxylation is 1. The fraction of sp³-hybridized carbons (Fsp3) is 0.435. The van der Waals surface area contributed by atoms with E-state index >= 15 is 0 Å². The van der Waals surface area contributed by atoms with Crippen molar-refractivity contribution in [3.63, 3.8) is 0 Å². The van der Waals surface area contributed by atoms with Crippen molar-refractivity contribution in [1.29, 1.82) is 0 Å². The van der Waals surface area contributed by atoms with Crippen LogP contribution in [-0.2, 0) is 12.4 Å². The van der Waals surface area contributed by atoms with Crippen LogP contribution in [0.5, 0.6) is 0 Å². The van der Waals surface area contributed by atoms with E-state index in [9.17, 15) is 31.1 Å². The maximum absolute atomic E-state index is 13.2. The third-order valence-electron chi connectivity index (χ3n) is 6.00. The molecule has 11 heteroatoms. The summed E-state index contributed by atoms with van der Waals surface area (Å²) in [4.78, 5) is 15.4. The Morgan fingerprint density at radius 1 is 0.941 bits per heavy atom.